The minimum Gasteiger partial charge on any atom is -0.0811 e. The van der Waals surface area contributed by atoms with E-state index in [1.807, 2.05) is 0 Å². The van der Waals surface area contributed by atoms with Crippen LogP contribution in [0.5, 0.6) is 0 Å². The molecule has 146 valence electrons. The molecule has 0 bridgehead atoms. The fourth-order valence-corrected chi connectivity index (χ4v) is 16.8. The van der Waals surface area contributed by atoms with Crippen LogP contribution in [0.3, 0.4) is 0 Å². The molecule has 0 fully saturated rings. The minimum absolute atomic E-state index is 0.731. The molecular formula is C26H34Si2. The largest absolute Gasteiger partial charge is 0.119 e. The van der Waals surface area contributed by atoms with E-state index >= 15 is 0 Å². The van der Waals surface area contributed by atoms with Crippen molar-refractivity contribution in [1.29, 1.82) is 0 Å². The van der Waals surface area contributed by atoms with Crippen LogP contribution in [0.15, 0.2) is 93.7 Å². The molecule has 0 nitrogen and oxygen atoms in total. The number of rotatable bonds is 8. The zero-order valence-electron chi connectivity index (χ0n) is 17.7. The lowest BCUT2D eigenvalue weighted by molar-refractivity contribution is 0.993. The summed E-state index contributed by atoms with van der Waals surface area (Å²) in [6.07, 6.45) is 33.9. The fraction of sp³-hybridized carbons (Fsp3) is 0.385. The van der Waals surface area contributed by atoms with E-state index in [0.29, 0.717) is 0 Å². The summed E-state index contributed by atoms with van der Waals surface area (Å²) in [7, 11) is -3.40. The molecule has 0 radical (unpaired) electrons. The lowest BCUT2D eigenvalue weighted by atomic mass is 10.5. The summed E-state index contributed by atoms with van der Waals surface area (Å²) in [4.78, 5) is 0. The molecule has 0 aromatic rings. The maximum absolute atomic E-state index is 2.63. The highest BCUT2D eigenvalue weighted by molar-refractivity contribution is 6.98. The molecule has 0 spiro atoms. The molecule has 0 heterocycles. The zero-order chi connectivity index (χ0) is 19.6. The van der Waals surface area contributed by atoms with E-state index in [2.05, 4.69) is 93.3 Å². The van der Waals surface area contributed by atoms with Crippen LogP contribution in [0, 0.1) is 0 Å². The topological polar surface area (TPSA) is 0 Å². The normalized spacial score (nSPS) is 21.0. The average molecular weight is 403 g/mol. The van der Waals surface area contributed by atoms with Gasteiger partial charge in [0.1, 0.15) is 16.1 Å². The van der Waals surface area contributed by atoms with Crippen molar-refractivity contribution in [2.75, 3.05) is 0 Å². The van der Waals surface area contributed by atoms with E-state index < -0.39 is 16.1 Å². The molecule has 0 atom stereocenters. The van der Waals surface area contributed by atoms with Gasteiger partial charge in [0.15, 0.2) is 0 Å². The van der Waals surface area contributed by atoms with Crippen molar-refractivity contribution in [3.63, 3.8) is 0 Å². The smallest absolute Gasteiger partial charge is 0.0811 e. The maximum atomic E-state index is 2.63. The van der Waals surface area contributed by atoms with Gasteiger partial charge in [-0.3, -0.25) is 0 Å². The van der Waals surface area contributed by atoms with Gasteiger partial charge in [0.25, 0.3) is 0 Å². The number of hydrogen-bond acceptors (Lipinski definition) is 0. The first kappa shape index (κ1) is 19.7. The summed E-state index contributed by atoms with van der Waals surface area (Å²) in [5.74, 6) is 0. The van der Waals surface area contributed by atoms with Crippen molar-refractivity contribution in [2.45, 2.75) is 63.7 Å². The fourth-order valence-electron chi connectivity index (χ4n) is 5.63. The van der Waals surface area contributed by atoms with Crippen molar-refractivity contribution in [3.8, 4) is 0 Å². The SMILES string of the molecule is CC(C)[Si](CC[Si](C)(C1=CCC=C1)C1=CCC=C1)(C1=CCC=C1)C1=CCC=C1. The molecular weight excluding hydrogens is 368 g/mol. The third-order valence-electron chi connectivity index (χ3n) is 7.39. The van der Waals surface area contributed by atoms with Gasteiger partial charge in [0, 0.05) is 0 Å². The Morgan fingerprint density at radius 3 is 1.36 bits per heavy atom. The molecule has 0 saturated carbocycles. The molecule has 0 saturated heterocycles. The van der Waals surface area contributed by atoms with Crippen LogP contribution in [0.25, 0.3) is 0 Å². The summed E-state index contributed by atoms with van der Waals surface area (Å²) in [6, 6.07) is 2.76. The molecule has 0 amide bonds. The Bertz CT molecular complexity index is 808. The first-order valence-electron chi connectivity index (χ1n) is 11.1. The van der Waals surface area contributed by atoms with Crippen LogP contribution in [0.2, 0.25) is 24.2 Å². The van der Waals surface area contributed by atoms with Crippen molar-refractivity contribution in [1.82, 2.24) is 0 Å². The van der Waals surface area contributed by atoms with Crippen LogP contribution in [0.1, 0.15) is 39.5 Å². The Labute approximate surface area is 173 Å². The van der Waals surface area contributed by atoms with Gasteiger partial charge >= 0.3 is 0 Å². The third kappa shape index (κ3) is 3.31. The molecule has 4 aliphatic rings. The van der Waals surface area contributed by atoms with E-state index in [9.17, 15) is 0 Å². The molecule has 4 rings (SSSR count). The quantitative estimate of drug-likeness (QED) is 0.366. The highest BCUT2D eigenvalue weighted by atomic mass is 28.3. The van der Waals surface area contributed by atoms with Crippen LogP contribution in [-0.4, -0.2) is 16.1 Å². The predicted octanol–water partition coefficient (Wildman–Crippen LogP) is 7.63. The maximum Gasteiger partial charge on any atom is 0.119 e. The summed E-state index contributed by atoms with van der Waals surface area (Å²) in [5, 5.41) is 6.74. The summed E-state index contributed by atoms with van der Waals surface area (Å²) in [6.45, 7) is 7.62. The Kier molecular flexibility index (Phi) is 5.62. The highest BCUT2D eigenvalue weighted by Gasteiger charge is 2.45. The van der Waals surface area contributed by atoms with Crippen LogP contribution >= 0.6 is 0 Å². The molecule has 2 heteroatoms. The van der Waals surface area contributed by atoms with Gasteiger partial charge in [0.05, 0.1) is 0 Å². The van der Waals surface area contributed by atoms with Gasteiger partial charge in [0.2, 0.25) is 0 Å². The van der Waals surface area contributed by atoms with Gasteiger partial charge in [-0.25, -0.2) is 0 Å². The van der Waals surface area contributed by atoms with Gasteiger partial charge in [-0.1, -0.05) is 126 Å². The molecule has 0 aromatic carbocycles. The van der Waals surface area contributed by atoms with E-state index in [0.717, 1.165) is 31.2 Å². The van der Waals surface area contributed by atoms with Crippen LogP contribution in [-0.2, 0) is 0 Å². The molecule has 0 aliphatic heterocycles. The summed E-state index contributed by atoms with van der Waals surface area (Å²) in [5.41, 5.74) is 0.731. The van der Waals surface area contributed by atoms with Crippen molar-refractivity contribution in [2.24, 2.45) is 0 Å². The molecule has 0 unspecified atom stereocenters. The van der Waals surface area contributed by atoms with E-state index in [1.165, 1.54) is 12.1 Å². The lowest BCUT2D eigenvalue weighted by Crippen LogP contribution is -2.45. The Hall–Kier alpha value is -1.65. The minimum atomic E-state index is -1.74. The van der Waals surface area contributed by atoms with Crippen molar-refractivity contribution >= 4 is 16.1 Å². The standard InChI is InChI=1S/C26H34Si2/c1-22(2)28(25-16-8-9-17-25,26-18-10-11-19-26)21-20-27(3,23-12-4-5-13-23)24-14-6-7-15-24/h4,6,8,10,12-19,22H,5,7,9,11,20-21H2,1-3H3. The Morgan fingerprint density at radius 1 is 0.643 bits per heavy atom. The number of hydrogen-bond donors (Lipinski definition) is 0. The summed E-state index contributed by atoms with van der Waals surface area (Å²) >= 11 is 0. The third-order valence-corrected chi connectivity index (χ3v) is 18.2. The van der Waals surface area contributed by atoms with Gasteiger partial charge in [-0.2, -0.15) is 0 Å². The van der Waals surface area contributed by atoms with Crippen molar-refractivity contribution < 1.29 is 0 Å². The molecule has 0 aromatic heterocycles. The van der Waals surface area contributed by atoms with Gasteiger partial charge < -0.3 is 0 Å². The zero-order valence-corrected chi connectivity index (χ0v) is 19.7. The Morgan fingerprint density at radius 2 is 1.04 bits per heavy atom. The molecule has 4 aliphatic carbocycles. The van der Waals surface area contributed by atoms with Gasteiger partial charge in [-0.05, 0) is 31.2 Å². The second kappa shape index (κ2) is 8.00. The van der Waals surface area contributed by atoms with E-state index in [4.69, 9.17) is 0 Å². The van der Waals surface area contributed by atoms with Crippen molar-refractivity contribution in [3.05, 3.63) is 93.7 Å². The monoisotopic (exact) mass is 402 g/mol. The first-order chi connectivity index (χ1) is 13.6. The Balaban J connectivity index is 1.72. The van der Waals surface area contributed by atoms with Gasteiger partial charge in [-0.15, -0.1) is 0 Å². The molecule has 0 N–H and O–H groups in total. The first-order valence-corrected chi connectivity index (χ1v) is 16.1. The van der Waals surface area contributed by atoms with Crippen LogP contribution < -0.4 is 0 Å². The van der Waals surface area contributed by atoms with Crippen LogP contribution in [0.4, 0.5) is 0 Å². The highest BCUT2D eigenvalue weighted by Crippen LogP contribution is 2.46. The van der Waals surface area contributed by atoms with E-state index in [1.54, 1.807) is 20.8 Å². The number of allylic oxidation sites excluding steroid dienone is 16. The van der Waals surface area contributed by atoms with E-state index in [-0.39, 0.29) is 0 Å². The lowest BCUT2D eigenvalue weighted by Gasteiger charge is -2.41. The summed E-state index contributed by atoms with van der Waals surface area (Å²) < 4.78 is 0. The average Bonchev–Trinajstić information content (AvgIpc) is 3.51. The predicted molar refractivity (Wildman–Crippen MR) is 129 cm³/mol. The second-order valence-electron chi connectivity index (χ2n) is 9.15. The molecule has 28 heavy (non-hydrogen) atoms. The second-order valence-corrected chi connectivity index (χ2v) is 18.2.